The standard InChI is InChI=1S/C24H27N3O3/c1-4-30-19-9-10-22-20(15-19)23(27-13-11-26(2)12-14-27)21(16-25-22)24(28)17-5-7-18(29-3)8-6-17/h5-10,15-16H,4,11-14H2,1-3H3/p+2. The number of aromatic amines is 1. The van der Waals surface area contributed by atoms with Gasteiger partial charge < -0.3 is 19.3 Å². The molecule has 30 heavy (non-hydrogen) atoms. The average molecular weight is 408 g/mol. The molecule has 156 valence electrons. The van der Waals surface area contributed by atoms with Crippen molar-refractivity contribution >= 4 is 22.4 Å². The van der Waals surface area contributed by atoms with Crippen LogP contribution in [0.4, 0.5) is 5.69 Å². The number of nitrogens with zero attached hydrogens (tertiary/aromatic N) is 1. The van der Waals surface area contributed by atoms with E-state index in [4.69, 9.17) is 9.47 Å². The summed E-state index contributed by atoms with van der Waals surface area (Å²) in [5, 5.41) is 1.01. The zero-order valence-corrected chi connectivity index (χ0v) is 17.8. The maximum atomic E-state index is 13.5. The number of methoxy groups -OCH3 is 1. The number of anilines is 1. The number of hydrogen-bond donors (Lipinski definition) is 1. The number of quaternary nitrogens is 1. The molecule has 1 aromatic heterocycles. The number of ether oxygens (including phenoxy) is 2. The third kappa shape index (κ3) is 3.96. The van der Waals surface area contributed by atoms with Gasteiger partial charge in [-0.3, -0.25) is 4.79 Å². The molecule has 0 aliphatic carbocycles. The Labute approximate surface area is 177 Å². The van der Waals surface area contributed by atoms with Crippen LogP contribution in [0.3, 0.4) is 0 Å². The summed E-state index contributed by atoms with van der Waals surface area (Å²) >= 11 is 0. The Morgan fingerprint density at radius 2 is 1.80 bits per heavy atom. The van der Waals surface area contributed by atoms with Crippen LogP contribution in [0, 0.1) is 0 Å². The van der Waals surface area contributed by atoms with E-state index in [1.165, 1.54) is 4.90 Å². The molecule has 0 saturated carbocycles. The van der Waals surface area contributed by atoms with E-state index in [0.29, 0.717) is 17.7 Å². The number of hydrogen-bond acceptors (Lipinski definition) is 4. The van der Waals surface area contributed by atoms with Crippen molar-refractivity contribution in [2.75, 3.05) is 51.8 Å². The number of carbonyl (C=O) groups is 1. The topological polar surface area (TPSA) is 57.4 Å². The van der Waals surface area contributed by atoms with Gasteiger partial charge in [-0.15, -0.1) is 0 Å². The summed E-state index contributed by atoms with van der Waals surface area (Å²) < 4.78 is 11.0. The predicted molar refractivity (Wildman–Crippen MR) is 117 cm³/mol. The van der Waals surface area contributed by atoms with Gasteiger partial charge in [0.2, 0.25) is 11.3 Å². The first-order valence-electron chi connectivity index (χ1n) is 10.5. The third-order valence-electron chi connectivity index (χ3n) is 5.71. The molecule has 0 atom stereocenters. The fraction of sp³-hybridized carbons (Fsp3) is 0.333. The van der Waals surface area contributed by atoms with Crippen molar-refractivity contribution in [1.82, 2.24) is 0 Å². The molecule has 6 nitrogen and oxygen atoms in total. The van der Waals surface area contributed by atoms with E-state index in [-0.39, 0.29) is 5.78 Å². The van der Waals surface area contributed by atoms with Crippen LogP contribution in [-0.4, -0.2) is 52.7 Å². The van der Waals surface area contributed by atoms with E-state index in [9.17, 15) is 4.79 Å². The van der Waals surface area contributed by atoms with E-state index >= 15 is 0 Å². The minimum absolute atomic E-state index is 0.00103. The van der Waals surface area contributed by atoms with Crippen molar-refractivity contribution in [2.45, 2.75) is 6.92 Å². The van der Waals surface area contributed by atoms with Gasteiger partial charge in [-0.2, -0.15) is 0 Å². The summed E-state index contributed by atoms with van der Waals surface area (Å²) in [5.74, 6) is 1.55. The van der Waals surface area contributed by atoms with Crippen LogP contribution in [0.5, 0.6) is 11.5 Å². The van der Waals surface area contributed by atoms with E-state index < -0.39 is 0 Å². The van der Waals surface area contributed by atoms with Crippen molar-refractivity contribution in [1.29, 1.82) is 0 Å². The van der Waals surface area contributed by atoms with E-state index in [0.717, 1.165) is 54.3 Å². The van der Waals surface area contributed by atoms with Gasteiger partial charge in [0.1, 0.15) is 17.1 Å². The smallest absolute Gasteiger partial charge is 0.213 e. The molecular formula is C24H29N3O3+2. The van der Waals surface area contributed by atoms with Crippen LogP contribution >= 0.6 is 0 Å². The SMILES string of the molecule is CCOc1ccc2[nH+]cc(C(=O)c3ccc(OC)cc3)c(N3CC[NH+](C)CC3)c2c1. The zero-order chi connectivity index (χ0) is 21.1. The number of ketones is 1. The molecule has 2 N–H and O–H groups in total. The van der Waals surface area contributed by atoms with Gasteiger partial charge >= 0.3 is 0 Å². The highest BCUT2D eigenvalue weighted by Crippen LogP contribution is 2.32. The summed E-state index contributed by atoms with van der Waals surface area (Å²) in [6.45, 7) is 6.49. The number of H-pyrrole nitrogens is 1. The first-order chi connectivity index (χ1) is 14.6. The van der Waals surface area contributed by atoms with Gasteiger partial charge in [0, 0.05) is 11.6 Å². The van der Waals surface area contributed by atoms with Crippen LogP contribution in [0.2, 0.25) is 0 Å². The number of fused-ring (bicyclic) bond motifs is 1. The number of nitrogens with one attached hydrogen (secondary N) is 2. The Morgan fingerprint density at radius 1 is 1.10 bits per heavy atom. The highest BCUT2D eigenvalue weighted by Gasteiger charge is 2.27. The third-order valence-corrected chi connectivity index (χ3v) is 5.71. The molecule has 1 saturated heterocycles. The molecule has 0 radical (unpaired) electrons. The first kappa shape index (κ1) is 20.2. The second kappa shape index (κ2) is 8.71. The van der Waals surface area contributed by atoms with Gasteiger partial charge in [0.25, 0.3) is 0 Å². The molecule has 0 spiro atoms. The van der Waals surface area contributed by atoms with Crippen LogP contribution < -0.4 is 24.3 Å². The Balaban J connectivity index is 1.84. The quantitative estimate of drug-likeness (QED) is 0.631. The molecule has 3 aromatic rings. The summed E-state index contributed by atoms with van der Waals surface area (Å²) in [6.07, 6.45) is 1.84. The molecule has 4 rings (SSSR count). The average Bonchev–Trinajstić information content (AvgIpc) is 2.79. The Hall–Kier alpha value is -3.12. The van der Waals surface area contributed by atoms with Crippen molar-refractivity contribution in [3.63, 3.8) is 0 Å². The summed E-state index contributed by atoms with van der Waals surface area (Å²) in [7, 11) is 3.84. The molecule has 0 bridgehead atoms. The summed E-state index contributed by atoms with van der Waals surface area (Å²) in [6, 6.07) is 13.3. The number of pyridine rings is 1. The van der Waals surface area contributed by atoms with Crippen molar-refractivity contribution in [3.05, 3.63) is 59.8 Å². The molecular weight excluding hydrogens is 378 g/mol. The maximum Gasteiger partial charge on any atom is 0.213 e. The predicted octanol–water partition coefficient (Wildman–Crippen LogP) is 1.63. The van der Waals surface area contributed by atoms with E-state index in [1.807, 2.05) is 55.6 Å². The lowest BCUT2D eigenvalue weighted by molar-refractivity contribution is -0.880. The largest absolute Gasteiger partial charge is 0.497 e. The Bertz CT molecular complexity index is 1040. The van der Waals surface area contributed by atoms with Crippen molar-refractivity contribution in [2.24, 2.45) is 0 Å². The number of rotatable bonds is 6. The van der Waals surface area contributed by atoms with Crippen molar-refractivity contribution in [3.8, 4) is 11.5 Å². The lowest BCUT2D eigenvalue weighted by Gasteiger charge is -2.33. The van der Waals surface area contributed by atoms with Gasteiger partial charge in [-0.25, -0.2) is 4.98 Å². The fourth-order valence-corrected chi connectivity index (χ4v) is 3.99. The van der Waals surface area contributed by atoms with E-state index in [2.05, 4.69) is 16.9 Å². The lowest BCUT2D eigenvalue weighted by Crippen LogP contribution is -3.12. The number of aromatic nitrogens is 1. The normalized spacial score (nSPS) is 14.7. The van der Waals surface area contributed by atoms with Gasteiger partial charge in [-0.1, -0.05) is 0 Å². The number of likely N-dealkylation sites (N-methyl/N-ethyl adjacent to an activating group) is 1. The van der Waals surface area contributed by atoms with Gasteiger partial charge in [0.15, 0.2) is 6.20 Å². The second-order valence-corrected chi connectivity index (χ2v) is 7.69. The van der Waals surface area contributed by atoms with Crippen LogP contribution in [-0.2, 0) is 0 Å². The van der Waals surface area contributed by atoms with Crippen molar-refractivity contribution < 1.29 is 24.2 Å². The minimum atomic E-state index is -0.00103. The van der Waals surface area contributed by atoms with Crippen LogP contribution in [0.15, 0.2) is 48.7 Å². The van der Waals surface area contributed by atoms with E-state index in [1.54, 1.807) is 7.11 Å². The highest BCUT2D eigenvalue weighted by atomic mass is 16.5. The molecule has 0 amide bonds. The fourth-order valence-electron chi connectivity index (χ4n) is 3.99. The van der Waals surface area contributed by atoms with Crippen LogP contribution in [0.1, 0.15) is 22.8 Å². The van der Waals surface area contributed by atoms with Gasteiger partial charge in [-0.05, 0) is 43.3 Å². The molecule has 1 fully saturated rings. The Morgan fingerprint density at radius 3 is 2.47 bits per heavy atom. The monoisotopic (exact) mass is 407 g/mol. The second-order valence-electron chi connectivity index (χ2n) is 7.69. The molecule has 1 aliphatic rings. The highest BCUT2D eigenvalue weighted by molar-refractivity contribution is 6.15. The first-order valence-corrected chi connectivity index (χ1v) is 10.5. The Kier molecular flexibility index (Phi) is 5.86. The summed E-state index contributed by atoms with van der Waals surface area (Å²) in [5.41, 5.74) is 3.30. The molecule has 2 aromatic carbocycles. The zero-order valence-electron chi connectivity index (χ0n) is 17.8. The summed E-state index contributed by atoms with van der Waals surface area (Å²) in [4.78, 5) is 20.7. The minimum Gasteiger partial charge on any atom is -0.497 e. The molecule has 6 heteroatoms. The maximum absolute atomic E-state index is 13.5. The molecule has 2 heterocycles. The molecule has 0 unspecified atom stereocenters. The van der Waals surface area contributed by atoms with Crippen LogP contribution in [0.25, 0.3) is 10.9 Å². The van der Waals surface area contributed by atoms with Gasteiger partial charge in [0.05, 0.1) is 58.0 Å². The molecule has 1 aliphatic heterocycles. The number of piperazine rings is 1. The number of benzene rings is 2. The number of carbonyl (C=O) groups excluding carboxylic acids is 1. The lowest BCUT2D eigenvalue weighted by atomic mass is 9.99.